The zero-order valence-electron chi connectivity index (χ0n) is 13.4. The van der Waals surface area contributed by atoms with Gasteiger partial charge in [-0.1, -0.05) is 32.0 Å². The van der Waals surface area contributed by atoms with Crippen molar-refractivity contribution >= 4 is 11.7 Å². The number of carbonyl (C=O) groups excluding carboxylic acids is 1. The molecule has 1 aromatic rings. The van der Waals surface area contributed by atoms with Crippen LogP contribution in [0.4, 0.5) is 5.69 Å². The monoisotopic (exact) mass is 289 g/mol. The zero-order chi connectivity index (χ0) is 15.3. The van der Waals surface area contributed by atoms with Gasteiger partial charge >= 0.3 is 5.97 Å². The maximum absolute atomic E-state index is 11.9. The molecule has 1 saturated carbocycles. The van der Waals surface area contributed by atoms with Gasteiger partial charge in [0.25, 0.3) is 0 Å². The number of anilines is 1. The lowest BCUT2D eigenvalue weighted by atomic mass is 9.76. The molecule has 116 valence electrons. The zero-order valence-corrected chi connectivity index (χ0v) is 13.4. The summed E-state index contributed by atoms with van der Waals surface area (Å²) in [5, 5.41) is 3.29. The Balaban J connectivity index is 1.68. The summed E-state index contributed by atoms with van der Waals surface area (Å²) in [5.74, 6) is -0.0826. The number of nitrogens with one attached hydrogen (secondary N) is 1. The van der Waals surface area contributed by atoms with E-state index in [9.17, 15) is 4.79 Å². The molecule has 0 bridgehead atoms. The van der Waals surface area contributed by atoms with E-state index in [1.165, 1.54) is 5.56 Å². The van der Waals surface area contributed by atoms with Crippen LogP contribution in [0.5, 0.6) is 0 Å². The summed E-state index contributed by atoms with van der Waals surface area (Å²) in [6.07, 6.45) is 4.85. The molecule has 0 saturated heterocycles. The first-order chi connectivity index (χ1) is 9.96. The molecule has 1 aliphatic rings. The molecule has 2 rings (SSSR count). The fraction of sp³-hybridized carbons (Fsp3) is 0.611. The van der Waals surface area contributed by atoms with E-state index in [-0.39, 0.29) is 12.1 Å². The van der Waals surface area contributed by atoms with Gasteiger partial charge in [-0.05, 0) is 49.7 Å². The summed E-state index contributed by atoms with van der Waals surface area (Å²) < 4.78 is 5.57. The van der Waals surface area contributed by atoms with E-state index in [2.05, 4.69) is 32.2 Å². The first-order valence-corrected chi connectivity index (χ1v) is 7.95. The Morgan fingerprint density at radius 3 is 2.62 bits per heavy atom. The number of para-hydroxylation sites is 1. The third-order valence-corrected chi connectivity index (χ3v) is 4.37. The van der Waals surface area contributed by atoms with Crippen LogP contribution < -0.4 is 5.32 Å². The number of aryl methyl sites for hydroxylation is 1. The Morgan fingerprint density at radius 1 is 1.29 bits per heavy atom. The Morgan fingerprint density at radius 2 is 1.95 bits per heavy atom. The molecule has 1 fully saturated rings. The minimum Gasteiger partial charge on any atom is -0.462 e. The molecule has 0 aromatic heterocycles. The maximum Gasteiger partial charge on any atom is 0.307 e. The minimum absolute atomic E-state index is 0.0826. The molecule has 0 unspecified atom stereocenters. The molecular weight excluding hydrogens is 262 g/mol. The van der Waals surface area contributed by atoms with Crippen molar-refractivity contribution in [2.45, 2.75) is 59.0 Å². The van der Waals surface area contributed by atoms with E-state index in [1.54, 1.807) is 0 Å². The lowest BCUT2D eigenvalue weighted by molar-refractivity contribution is -0.151. The average molecular weight is 289 g/mol. The molecule has 1 aromatic carbocycles. The first-order valence-electron chi connectivity index (χ1n) is 7.95. The molecule has 0 aliphatic heterocycles. The van der Waals surface area contributed by atoms with Gasteiger partial charge < -0.3 is 10.1 Å². The third kappa shape index (κ3) is 5.07. The highest BCUT2D eigenvalue weighted by Gasteiger charge is 2.28. The Bertz CT molecular complexity index is 472. The second-order valence-corrected chi connectivity index (χ2v) is 6.85. The predicted octanol–water partition coefficient (Wildman–Crippen LogP) is 4.31. The Hall–Kier alpha value is -1.51. The van der Waals surface area contributed by atoms with Crippen molar-refractivity contribution in [2.75, 3.05) is 11.9 Å². The first kappa shape index (κ1) is 15.9. The van der Waals surface area contributed by atoms with E-state index in [1.807, 2.05) is 18.2 Å². The lowest BCUT2D eigenvalue weighted by Gasteiger charge is -2.33. The largest absolute Gasteiger partial charge is 0.462 e. The lowest BCUT2D eigenvalue weighted by Crippen LogP contribution is -2.28. The van der Waals surface area contributed by atoms with E-state index in [0.717, 1.165) is 31.4 Å². The summed E-state index contributed by atoms with van der Waals surface area (Å²) in [7, 11) is 0. The van der Waals surface area contributed by atoms with E-state index < -0.39 is 0 Å². The fourth-order valence-electron chi connectivity index (χ4n) is 2.81. The third-order valence-electron chi connectivity index (χ3n) is 4.37. The predicted molar refractivity (Wildman–Crippen MR) is 86.4 cm³/mol. The van der Waals surface area contributed by atoms with Crippen molar-refractivity contribution in [1.82, 2.24) is 0 Å². The van der Waals surface area contributed by atoms with E-state index in [4.69, 9.17) is 4.74 Å². The molecule has 0 amide bonds. The smallest absolute Gasteiger partial charge is 0.307 e. The van der Waals surface area contributed by atoms with Crippen molar-refractivity contribution in [1.29, 1.82) is 0 Å². The summed E-state index contributed by atoms with van der Waals surface area (Å²) in [4.78, 5) is 11.9. The quantitative estimate of drug-likeness (QED) is 0.821. The molecule has 0 atom stereocenters. The molecule has 3 nitrogen and oxygen atoms in total. The molecular formula is C18H27NO2. The van der Waals surface area contributed by atoms with Crippen LogP contribution in [0.15, 0.2) is 24.3 Å². The number of esters is 1. The summed E-state index contributed by atoms with van der Waals surface area (Å²) >= 11 is 0. The second-order valence-electron chi connectivity index (χ2n) is 6.85. The number of ether oxygens (including phenoxy) is 1. The molecule has 0 spiro atoms. The van der Waals surface area contributed by atoms with Gasteiger partial charge in [-0.3, -0.25) is 4.79 Å². The van der Waals surface area contributed by atoms with Crippen LogP contribution in [0, 0.1) is 12.3 Å². The molecule has 3 heteroatoms. The molecule has 21 heavy (non-hydrogen) atoms. The van der Waals surface area contributed by atoms with E-state index in [0.29, 0.717) is 18.4 Å². The molecule has 1 aliphatic carbocycles. The van der Waals surface area contributed by atoms with Crippen LogP contribution >= 0.6 is 0 Å². The standard InChI is InChI=1S/C18H27NO2/c1-14-6-4-5-7-16(14)19-13-10-17(20)21-15-8-11-18(2,3)12-9-15/h4-7,15,19H,8-13H2,1-3H3. The second kappa shape index (κ2) is 6.97. The Kier molecular flexibility index (Phi) is 5.27. The van der Waals surface area contributed by atoms with Crippen molar-refractivity contribution in [2.24, 2.45) is 5.41 Å². The van der Waals surface area contributed by atoms with Crippen LogP contribution in [-0.2, 0) is 9.53 Å². The van der Waals surface area contributed by atoms with Crippen molar-refractivity contribution < 1.29 is 9.53 Å². The minimum atomic E-state index is -0.0826. The van der Waals surface area contributed by atoms with Crippen LogP contribution in [0.1, 0.15) is 51.5 Å². The van der Waals surface area contributed by atoms with Crippen LogP contribution in [-0.4, -0.2) is 18.6 Å². The van der Waals surface area contributed by atoms with Gasteiger partial charge in [-0.25, -0.2) is 0 Å². The highest BCUT2D eigenvalue weighted by molar-refractivity contribution is 5.70. The van der Waals surface area contributed by atoms with Crippen molar-refractivity contribution in [3.8, 4) is 0 Å². The Labute approximate surface area is 128 Å². The average Bonchev–Trinajstić information content (AvgIpc) is 2.43. The maximum atomic E-state index is 11.9. The SMILES string of the molecule is Cc1ccccc1NCCC(=O)OC1CCC(C)(C)CC1. The number of hydrogen-bond acceptors (Lipinski definition) is 3. The topological polar surface area (TPSA) is 38.3 Å². The van der Waals surface area contributed by atoms with Crippen LogP contribution in [0.2, 0.25) is 0 Å². The van der Waals surface area contributed by atoms with Crippen molar-refractivity contribution in [3.63, 3.8) is 0 Å². The molecule has 1 N–H and O–H groups in total. The molecule has 0 heterocycles. The van der Waals surface area contributed by atoms with Gasteiger partial charge in [0.2, 0.25) is 0 Å². The number of rotatable bonds is 5. The van der Waals surface area contributed by atoms with Gasteiger partial charge in [0.1, 0.15) is 6.10 Å². The number of benzene rings is 1. The van der Waals surface area contributed by atoms with Gasteiger partial charge in [-0.2, -0.15) is 0 Å². The summed E-state index contributed by atoms with van der Waals surface area (Å²) in [6.45, 7) is 7.26. The highest BCUT2D eigenvalue weighted by Crippen LogP contribution is 2.36. The number of carbonyl (C=O) groups is 1. The van der Waals surface area contributed by atoms with E-state index >= 15 is 0 Å². The van der Waals surface area contributed by atoms with Gasteiger partial charge in [0, 0.05) is 12.2 Å². The highest BCUT2D eigenvalue weighted by atomic mass is 16.5. The van der Waals surface area contributed by atoms with Gasteiger partial charge in [0.05, 0.1) is 6.42 Å². The van der Waals surface area contributed by atoms with Crippen molar-refractivity contribution in [3.05, 3.63) is 29.8 Å². The number of hydrogen-bond donors (Lipinski definition) is 1. The van der Waals surface area contributed by atoms with Crippen LogP contribution in [0.3, 0.4) is 0 Å². The summed E-state index contributed by atoms with van der Waals surface area (Å²) in [5.41, 5.74) is 2.69. The van der Waals surface area contributed by atoms with Gasteiger partial charge in [-0.15, -0.1) is 0 Å². The van der Waals surface area contributed by atoms with Gasteiger partial charge in [0.15, 0.2) is 0 Å². The normalized spacial score (nSPS) is 18.2. The molecule has 0 radical (unpaired) electrons. The summed E-state index contributed by atoms with van der Waals surface area (Å²) in [6, 6.07) is 8.10. The fourth-order valence-corrected chi connectivity index (χ4v) is 2.81. The van der Waals surface area contributed by atoms with Crippen LogP contribution in [0.25, 0.3) is 0 Å².